The Morgan fingerprint density at radius 3 is 2.75 bits per heavy atom. The first-order valence-corrected chi connectivity index (χ1v) is 11.1. The van der Waals surface area contributed by atoms with Crippen LogP contribution < -0.4 is 15.6 Å². The molecule has 1 aliphatic rings. The van der Waals surface area contributed by atoms with Crippen LogP contribution in [0.4, 0.5) is 14.5 Å². The fourth-order valence-electron chi connectivity index (χ4n) is 3.46. The van der Waals surface area contributed by atoms with E-state index in [0.29, 0.717) is 34.9 Å². The van der Waals surface area contributed by atoms with E-state index in [1.807, 2.05) is 6.07 Å². The highest BCUT2D eigenvalue weighted by molar-refractivity contribution is 7.99. The van der Waals surface area contributed by atoms with Crippen LogP contribution in [0, 0.1) is 0 Å². The first-order chi connectivity index (χ1) is 15.5. The molecule has 1 unspecified atom stereocenters. The molecule has 1 amide bonds. The summed E-state index contributed by atoms with van der Waals surface area (Å²) in [6, 6.07) is 12.7. The topological polar surface area (TPSA) is 82.5 Å². The van der Waals surface area contributed by atoms with Crippen LogP contribution in [-0.4, -0.2) is 40.5 Å². The number of carbonyl (C=O) groups excluding carboxylic acids is 1. The van der Waals surface area contributed by atoms with Gasteiger partial charge in [0.1, 0.15) is 5.75 Å². The van der Waals surface area contributed by atoms with Gasteiger partial charge in [0.25, 0.3) is 5.56 Å². The number of nitrogens with one attached hydrogen (secondary N) is 1. The highest BCUT2D eigenvalue weighted by atomic mass is 32.2. The van der Waals surface area contributed by atoms with E-state index in [1.165, 1.54) is 24.3 Å². The number of hydrogen-bond donors (Lipinski definition) is 1. The Hall–Kier alpha value is -2.98. The molecule has 168 valence electrons. The molecule has 4 rings (SSSR count). The fraction of sp³-hybridized carbons (Fsp3) is 0.318. The number of alkyl halides is 2. The number of carbonyl (C=O) groups is 1. The Bertz CT molecular complexity index is 1150. The van der Waals surface area contributed by atoms with Gasteiger partial charge in [0.05, 0.1) is 29.3 Å². The summed E-state index contributed by atoms with van der Waals surface area (Å²) in [5.41, 5.74) is 0.850. The summed E-state index contributed by atoms with van der Waals surface area (Å²) in [6.07, 6.45) is 1.76. The number of halogens is 2. The summed E-state index contributed by atoms with van der Waals surface area (Å²) in [6.45, 7) is -1.85. The van der Waals surface area contributed by atoms with E-state index in [0.717, 1.165) is 24.6 Å². The van der Waals surface area contributed by atoms with Crippen LogP contribution >= 0.6 is 11.8 Å². The second-order valence-corrected chi connectivity index (χ2v) is 8.14. The van der Waals surface area contributed by atoms with Crippen molar-refractivity contribution in [1.29, 1.82) is 0 Å². The van der Waals surface area contributed by atoms with Crippen molar-refractivity contribution in [2.45, 2.75) is 37.3 Å². The molecule has 10 heteroatoms. The van der Waals surface area contributed by atoms with Crippen LogP contribution in [0.15, 0.2) is 58.5 Å². The number of aromatic nitrogens is 2. The van der Waals surface area contributed by atoms with Gasteiger partial charge in [-0.05, 0) is 49.2 Å². The summed E-state index contributed by atoms with van der Waals surface area (Å²) >= 11 is 1.16. The molecule has 1 N–H and O–H groups in total. The molecule has 0 radical (unpaired) electrons. The zero-order valence-corrected chi connectivity index (χ0v) is 17.8. The molecule has 2 aromatic carbocycles. The van der Waals surface area contributed by atoms with Crippen LogP contribution in [0.3, 0.4) is 0 Å². The SMILES string of the molecule is O=C(CSc1nc2ccccc2c(=O)n1CC1CCCO1)Nc1ccc(OC(F)F)cc1. The van der Waals surface area contributed by atoms with E-state index in [4.69, 9.17) is 4.74 Å². The number of rotatable bonds is 8. The van der Waals surface area contributed by atoms with Gasteiger partial charge >= 0.3 is 6.61 Å². The standard InChI is InChI=1S/C22H21F2N3O4S/c23-21(24)31-15-9-7-14(8-10-15)25-19(28)13-32-22-26-18-6-2-1-5-17(18)20(29)27(22)12-16-4-3-11-30-16/h1-2,5-10,16,21H,3-4,11-13H2,(H,25,28). The van der Waals surface area contributed by atoms with Crippen molar-refractivity contribution in [3.63, 3.8) is 0 Å². The molecule has 2 heterocycles. The van der Waals surface area contributed by atoms with Gasteiger partial charge in [0.2, 0.25) is 5.91 Å². The van der Waals surface area contributed by atoms with Gasteiger partial charge in [-0.25, -0.2) is 4.98 Å². The molecule has 0 bridgehead atoms. The van der Waals surface area contributed by atoms with E-state index >= 15 is 0 Å². The third kappa shape index (κ3) is 5.43. The van der Waals surface area contributed by atoms with E-state index in [2.05, 4.69) is 15.0 Å². The first kappa shape index (κ1) is 22.2. The zero-order valence-electron chi connectivity index (χ0n) is 17.0. The molecule has 0 spiro atoms. The molecule has 32 heavy (non-hydrogen) atoms. The quantitative estimate of drug-likeness (QED) is 0.405. The summed E-state index contributed by atoms with van der Waals surface area (Å²) in [7, 11) is 0. The van der Waals surface area contributed by atoms with Crippen molar-refractivity contribution in [3.8, 4) is 5.75 Å². The summed E-state index contributed by atoms with van der Waals surface area (Å²) in [5, 5.41) is 3.66. The van der Waals surface area contributed by atoms with Crippen molar-refractivity contribution in [2.24, 2.45) is 0 Å². The normalized spacial score (nSPS) is 15.9. The third-order valence-electron chi connectivity index (χ3n) is 4.93. The molecule has 1 aliphatic heterocycles. The Morgan fingerprint density at radius 1 is 1.25 bits per heavy atom. The monoisotopic (exact) mass is 461 g/mol. The minimum atomic E-state index is -2.91. The Labute approximate surface area is 186 Å². The van der Waals surface area contributed by atoms with E-state index in [1.54, 1.807) is 22.8 Å². The smallest absolute Gasteiger partial charge is 0.387 e. The maximum absolute atomic E-state index is 13.1. The molecule has 1 saturated heterocycles. The van der Waals surface area contributed by atoms with Crippen molar-refractivity contribution in [3.05, 3.63) is 58.9 Å². The lowest BCUT2D eigenvalue weighted by Crippen LogP contribution is -2.29. The van der Waals surface area contributed by atoms with E-state index in [-0.39, 0.29) is 29.1 Å². The minimum Gasteiger partial charge on any atom is -0.435 e. The van der Waals surface area contributed by atoms with Gasteiger partial charge in [0.15, 0.2) is 5.16 Å². The van der Waals surface area contributed by atoms with Crippen molar-refractivity contribution < 1.29 is 23.0 Å². The Kier molecular flexibility index (Phi) is 7.01. The van der Waals surface area contributed by atoms with Crippen molar-refractivity contribution in [2.75, 3.05) is 17.7 Å². The predicted octanol–water partition coefficient (Wildman–Crippen LogP) is 3.91. The molecule has 1 aromatic heterocycles. The van der Waals surface area contributed by atoms with Gasteiger partial charge < -0.3 is 14.8 Å². The van der Waals surface area contributed by atoms with Gasteiger partial charge in [-0.1, -0.05) is 23.9 Å². The second-order valence-electron chi connectivity index (χ2n) is 7.20. The summed E-state index contributed by atoms with van der Waals surface area (Å²) < 4.78 is 36.0. The average Bonchev–Trinajstić information content (AvgIpc) is 3.29. The number of fused-ring (bicyclic) bond motifs is 1. The minimum absolute atomic E-state index is 0.00545. The lowest BCUT2D eigenvalue weighted by atomic mass is 10.2. The molecule has 0 aliphatic carbocycles. The van der Waals surface area contributed by atoms with Gasteiger partial charge in [-0.15, -0.1) is 0 Å². The lowest BCUT2D eigenvalue weighted by Gasteiger charge is -2.16. The molecule has 0 saturated carbocycles. The maximum atomic E-state index is 13.1. The fourth-order valence-corrected chi connectivity index (χ4v) is 4.27. The van der Waals surface area contributed by atoms with Crippen LogP contribution in [-0.2, 0) is 16.1 Å². The number of ether oxygens (including phenoxy) is 2. The molecular weight excluding hydrogens is 440 g/mol. The first-order valence-electron chi connectivity index (χ1n) is 10.1. The number of para-hydroxylation sites is 1. The van der Waals surface area contributed by atoms with Gasteiger partial charge in [-0.3, -0.25) is 14.2 Å². The molecule has 1 atom stereocenters. The predicted molar refractivity (Wildman–Crippen MR) is 117 cm³/mol. The van der Waals surface area contributed by atoms with Crippen LogP contribution in [0.5, 0.6) is 5.75 Å². The third-order valence-corrected chi connectivity index (χ3v) is 5.91. The van der Waals surface area contributed by atoms with E-state index < -0.39 is 6.61 Å². The van der Waals surface area contributed by atoms with Crippen LogP contribution in [0.2, 0.25) is 0 Å². The number of amides is 1. The second kappa shape index (κ2) is 10.1. The van der Waals surface area contributed by atoms with Crippen LogP contribution in [0.1, 0.15) is 12.8 Å². The van der Waals surface area contributed by atoms with Crippen molar-refractivity contribution >= 4 is 34.3 Å². The van der Waals surface area contributed by atoms with Gasteiger partial charge in [0, 0.05) is 12.3 Å². The lowest BCUT2D eigenvalue weighted by molar-refractivity contribution is -0.113. The highest BCUT2D eigenvalue weighted by Crippen LogP contribution is 2.22. The number of thioether (sulfide) groups is 1. The zero-order chi connectivity index (χ0) is 22.5. The Morgan fingerprint density at radius 2 is 2.03 bits per heavy atom. The van der Waals surface area contributed by atoms with Crippen molar-refractivity contribution in [1.82, 2.24) is 9.55 Å². The highest BCUT2D eigenvalue weighted by Gasteiger charge is 2.20. The Balaban J connectivity index is 1.47. The van der Waals surface area contributed by atoms with E-state index in [9.17, 15) is 18.4 Å². The average molecular weight is 461 g/mol. The number of hydrogen-bond acceptors (Lipinski definition) is 6. The summed E-state index contributed by atoms with van der Waals surface area (Å²) in [5.74, 6) is -0.291. The largest absolute Gasteiger partial charge is 0.435 e. The molecule has 1 fully saturated rings. The number of benzene rings is 2. The number of nitrogens with zero attached hydrogens (tertiary/aromatic N) is 2. The maximum Gasteiger partial charge on any atom is 0.387 e. The van der Waals surface area contributed by atoms with Crippen LogP contribution in [0.25, 0.3) is 10.9 Å². The van der Waals surface area contributed by atoms with Gasteiger partial charge in [-0.2, -0.15) is 8.78 Å². The molecule has 3 aromatic rings. The molecular formula is C22H21F2N3O4S. The summed E-state index contributed by atoms with van der Waals surface area (Å²) in [4.78, 5) is 30.1. The number of anilines is 1. The molecule has 7 nitrogen and oxygen atoms in total.